The third kappa shape index (κ3) is 1.64. The van der Waals surface area contributed by atoms with Crippen molar-refractivity contribution in [2.24, 2.45) is 5.18 Å². The van der Waals surface area contributed by atoms with Crippen molar-refractivity contribution >= 4 is 33.9 Å². The molecule has 1 atom stereocenters. The van der Waals surface area contributed by atoms with Gasteiger partial charge in [0.2, 0.25) is 5.91 Å². The first kappa shape index (κ1) is 12.6. The molecule has 0 fully saturated rings. The molecule has 0 saturated carbocycles. The minimum absolute atomic E-state index is 0.197. The van der Waals surface area contributed by atoms with E-state index in [-0.39, 0.29) is 11.6 Å². The molecular formula is C16H12N4O2. The van der Waals surface area contributed by atoms with Gasteiger partial charge in [0.15, 0.2) is 0 Å². The molecule has 2 aromatic carbocycles. The number of carbonyl (C=O) groups is 1. The van der Waals surface area contributed by atoms with Crippen molar-refractivity contribution in [3.63, 3.8) is 0 Å². The van der Waals surface area contributed by atoms with Crippen molar-refractivity contribution in [2.45, 2.75) is 5.92 Å². The van der Waals surface area contributed by atoms with Crippen LogP contribution in [0.2, 0.25) is 0 Å². The lowest BCUT2D eigenvalue weighted by molar-refractivity contribution is -0.116. The van der Waals surface area contributed by atoms with Gasteiger partial charge in [-0.25, -0.2) is 0 Å². The fraction of sp³-hybridized carbons (Fsp3) is 0.0625. The molecule has 3 aromatic rings. The normalized spacial score (nSPS) is 16.5. The minimum Gasteiger partial charge on any atom is -0.399 e. The predicted molar refractivity (Wildman–Crippen MR) is 85.1 cm³/mol. The molecule has 2 heterocycles. The highest BCUT2D eigenvalue weighted by molar-refractivity contribution is 6.07. The summed E-state index contributed by atoms with van der Waals surface area (Å²) in [7, 11) is 0. The maximum atomic E-state index is 12.4. The summed E-state index contributed by atoms with van der Waals surface area (Å²) in [6.45, 7) is 0. The van der Waals surface area contributed by atoms with Crippen molar-refractivity contribution in [1.82, 2.24) is 4.98 Å². The molecule has 108 valence electrons. The number of aromatic amines is 1. The van der Waals surface area contributed by atoms with Gasteiger partial charge < -0.3 is 16.0 Å². The third-order valence-corrected chi connectivity index (χ3v) is 3.99. The molecule has 1 aliphatic heterocycles. The molecule has 6 nitrogen and oxygen atoms in total. The molecule has 6 heteroatoms. The van der Waals surface area contributed by atoms with E-state index in [4.69, 9.17) is 5.73 Å². The molecule has 0 saturated heterocycles. The molecular weight excluding hydrogens is 280 g/mol. The quantitative estimate of drug-likeness (QED) is 0.499. The van der Waals surface area contributed by atoms with Crippen molar-refractivity contribution in [3.05, 3.63) is 58.6 Å². The Morgan fingerprint density at radius 3 is 2.77 bits per heavy atom. The Hall–Kier alpha value is -3.15. The Morgan fingerprint density at radius 1 is 1.14 bits per heavy atom. The molecule has 1 unspecified atom stereocenters. The maximum Gasteiger partial charge on any atom is 0.238 e. The number of nitrogens with zero attached hydrogens (tertiary/aromatic N) is 1. The van der Waals surface area contributed by atoms with Crippen LogP contribution in [0.1, 0.15) is 17.2 Å². The number of fused-ring (bicyclic) bond motifs is 2. The summed E-state index contributed by atoms with van der Waals surface area (Å²) in [5.74, 6) is -0.810. The zero-order valence-electron chi connectivity index (χ0n) is 11.5. The van der Waals surface area contributed by atoms with Crippen molar-refractivity contribution in [3.8, 4) is 0 Å². The molecule has 22 heavy (non-hydrogen) atoms. The molecule has 0 spiro atoms. The van der Waals surface area contributed by atoms with Crippen LogP contribution in [0.25, 0.3) is 10.9 Å². The Kier molecular flexibility index (Phi) is 2.53. The van der Waals surface area contributed by atoms with Crippen LogP contribution in [0.5, 0.6) is 0 Å². The Morgan fingerprint density at radius 2 is 1.95 bits per heavy atom. The first-order chi connectivity index (χ1) is 10.7. The van der Waals surface area contributed by atoms with Gasteiger partial charge in [-0.05, 0) is 35.0 Å². The number of anilines is 2. The van der Waals surface area contributed by atoms with E-state index in [1.807, 2.05) is 18.2 Å². The molecule has 0 aliphatic carbocycles. The van der Waals surface area contributed by atoms with E-state index in [0.29, 0.717) is 22.5 Å². The monoisotopic (exact) mass is 292 g/mol. The second-order valence-electron chi connectivity index (χ2n) is 5.29. The van der Waals surface area contributed by atoms with E-state index in [2.05, 4.69) is 15.5 Å². The van der Waals surface area contributed by atoms with Crippen LogP contribution < -0.4 is 11.1 Å². The minimum atomic E-state index is -0.612. The number of nitrogens with two attached hydrogens (primary N) is 1. The van der Waals surface area contributed by atoms with Crippen molar-refractivity contribution in [1.29, 1.82) is 0 Å². The summed E-state index contributed by atoms with van der Waals surface area (Å²) in [6.07, 6.45) is 0. The summed E-state index contributed by atoms with van der Waals surface area (Å²) in [4.78, 5) is 26.8. The number of hydrogen-bond acceptors (Lipinski definition) is 4. The van der Waals surface area contributed by atoms with Crippen LogP contribution >= 0.6 is 0 Å². The zero-order chi connectivity index (χ0) is 15.3. The number of nitroso groups, excluding NO2 is 1. The van der Waals surface area contributed by atoms with Crippen molar-refractivity contribution in [2.75, 3.05) is 11.1 Å². The number of amides is 1. The third-order valence-electron chi connectivity index (χ3n) is 3.99. The van der Waals surface area contributed by atoms with Gasteiger partial charge in [0, 0.05) is 22.3 Å². The molecule has 1 aromatic heterocycles. The van der Waals surface area contributed by atoms with Gasteiger partial charge in [-0.15, -0.1) is 4.91 Å². The second kappa shape index (κ2) is 4.42. The first-order valence-electron chi connectivity index (χ1n) is 6.83. The molecule has 1 aliphatic rings. The highest BCUT2D eigenvalue weighted by Gasteiger charge is 2.35. The number of rotatable bonds is 2. The molecule has 4 N–H and O–H groups in total. The van der Waals surface area contributed by atoms with Gasteiger partial charge in [0.1, 0.15) is 11.6 Å². The Labute approximate surface area is 125 Å². The van der Waals surface area contributed by atoms with Gasteiger partial charge in [-0.2, -0.15) is 0 Å². The lowest BCUT2D eigenvalue weighted by atomic mass is 9.95. The Balaban J connectivity index is 1.98. The van der Waals surface area contributed by atoms with Crippen LogP contribution in [0.4, 0.5) is 17.1 Å². The van der Waals surface area contributed by atoms with E-state index in [1.165, 1.54) is 0 Å². The van der Waals surface area contributed by atoms with E-state index < -0.39 is 5.92 Å². The smallest absolute Gasteiger partial charge is 0.238 e. The number of H-pyrrole nitrogens is 1. The number of hydrogen-bond donors (Lipinski definition) is 3. The molecule has 0 radical (unpaired) electrons. The number of aromatic nitrogens is 1. The summed E-state index contributed by atoms with van der Waals surface area (Å²) in [6, 6.07) is 12.6. The van der Waals surface area contributed by atoms with Gasteiger partial charge in [-0.1, -0.05) is 18.2 Å². The number of carbonyl (C=O) groups excluding carboxylic acids is 1. The first-order valence-corrected chi connectivity index (χ1v) is 6.83. The van der Waals surface area contributed by atoms with Crippen LogP contribution in [-0.2, 0) is 4.79 Å². The Bertz CT molecular complexity index is 929. The van der Waals surface area contributed by atoms with Crippen LogP contribution in [-0.4, -0.2) is 10.9 Å². The lowest BCUT2D eigenvalue weighted by Crippen LogP contribution is -2.13. The average molecular weight is 292 g/mol. The van der Waals surface area contributed by atoms with E-state index in [9.17, 15) is 9.70 Å². The van der Waals surface area contributed by atoms with Crippen LogP contribution in [0.15, 0.2) is 47.6 Å². The number of nitrogen functional groups attached to an aromatic ring is 1. The number of nitrogens with one attached hydrogen (secondary N) is 2. The summed E-state index contributed by atoms with van der Waals surface area (Å²) in [5.41, 5.74) is 9.40. The van der Waals surface area contributed by atoms with Gasteiger partial charge in [0.05, 0.1) is 5.69 Å². The summed E-state index contributed by atoms with van der Waals surface area (Å²) >= 11 is 0. The van der Waals surface area contributed by atoms with E-state index >= 15 is 0 Å². The maximum absolute atomic E-state index is 12.4. The second-order valence-corrected chi connectivity index (χ2v) is 5.29. The highest BCUT2D eigenvalue weighted by Crippen LogP contribution is 2.43. The molecule has 0 bridgehead atoms. The highest BCUT2D eigenvalue weighted by atomic mass is 16.3. The van der Waals surface area contributed by atoms with Crippen LogP contribution in [0.3, 0.4) is 0 Å². The number of benzene rings is 2. The van der Waals surface area contributed by atoms with Gasteiger partial charge in [0.25, 0.3) is 0 Å². The van der Waals surface area contributed by atoms with Crippen LogP contribution in [0, 0.1) is 4.91 Å². The van der Waals surface area contributed by atoms with Gasteiger partial charge in [-0.3, -0.25) is 4.79 Å². The SMILES string of the molecule is Nc1ccc2c(c1)C(c1[nH]c3ccccc3c1N=O)C(=O)N2. The lowest BCUT2D eigenvalue weighted by Gasteiger charge is -2.08. The topological polar surface area (TPSA) is 100 Å². The van der Waals surface area contributed by atoms with E-state index in [0.717, 1.165) is 11.1 Å². The number of para-hydroxylation sites is 1. The largest absolute Gasteiger partial charge is 0.399 e. The van der Waals surface area contributed by atoms with E-state index in [1.54, 1.807) is 24.3 Å². The molecule has 1 amide bonds. The summed E-state index contributed by atoms with van der Waals surface area (Å²) in [5, 5.41) is 6.66. The molecule has 4 rings (SSSR count). The fourth-order valence-corrected chi connectivity index (χ4v) is 3.02. The standard InChI is InChI=1S/C16H12N4O2/c17-8-5-6-12-10(7-8)13(16(21)19-12)15-14(20-22)9-3-1-2-4-11(9)18-15/h1-7,13,18H,17H2,(H,19,21). The van der Waals surface area contributed by atoms with Gasteiger partial charge >= 0.3 is 0 Å². The zero-order valence-corrected chi connectivity index (χ0v) is 11.5. The fourth-order valence-electron chi connectivity index (χ4n) is 3.02. The predicted octanol–water partition coefficient (Wildman–Crippen LogP) is 3.23. The average Bonchev–Trinajstić information content (AvgIpc) is 3.03. The summed E-state index contributed by atoms with van der Waals surface area (Å²) < 4.78 is 0. The van der Waals surface area contributed by atoms with Crippen molar-refractivity contribution < 1.29 is 4.79 Å².